The molecule has 0 aliphatic heterocycles. The number of rotatable bonds is 3. The third-order valence-electron chi connectivity index (χ3n) is 7.55. The van der Waals surface area contributed by atoms with Crippen LogP contribution in [0, 0.1) is 0 Å². The van der Waals surface area contributed by atoms with Crippen molar-refractivity contribution in [3.05, 3.63) is 150 Å². The standard InChI is InChI=1S/C18H13BNO.C18H12BrN.H2O/c21-19-13-9-11-14(12-10-13)20-17-7-3-1-5-15(17)16-6-2-4-8-18(16)20;19-13-9-11-14(12-10-13)20-17-7-3-1-5-15(17)16-6-2-4-8-18(16)20;/h1-12,21H;1-12H;1H2. The van der Waals surface area contributed by atoms with Crippen LogP contribution in [0.15, 0.2) is 150 Å². The summed E-state index contributed by atoms with van der Waals surface area (Å²) in [5.41, 5.74) is 7.97. The molecule has 203 valence electrons. The lowest BCUT2D eigenvalue weighted by Gasteiger charge is -2.08. The number of nitrogens with zero attached hydrogens (tertiary/aromatic N) is 2. The molecule has 6 heteroatoms. The van der Waals surface area contributed by atoms with Gasteiger partial charge < -0.3 is 19.6 Å². The Kier molecular flexibility index (Phi) is 7.68. The molecule has 0 aliphatic rings. The van der Waals surface area contributed by atoms with Crippen LogP contribution >= 0.6 is 15.9 Å². The van der Waals surface area contributed by atoms with E-state index < -0.39 is 0 Å². The summed E-state index contributed by atoms with van der Waals surface area (Å²) in [6.07, 6.45) is 0. The highest BCUT2D eigenvalue weighted by Gasteiger charge is 2.12. The fraction of sp³-hybridized carbons (Fsp3) is 0. The summed E-state index contributed by atoms with van der Waals surface area (Å²) < 4.78 is 5.67. The topological polar surface area (TPSA) is 61.6 Å². The van der Waals surface area contributed by atoms with E-state index in [0.717, 1.165) is 23.1 Å². The normalized spacial score (nSPS) is 10.9. The van der Waals surface area contributed by atoms with Gasteiger partial charge in [0.05, 0.1) is 22.1 Å². The summed E-state index contributed by atoms with van der Waals surface area (Å²) >= 11 is 3.50. The zero-order valence-electron chi connectivity index (χ0n) is 22.7. The minimum absolute atomic E-state index is 0. The maximum Gasteiger partial charge on any atom is 0.326 e. The zero-order valence-corrected chi connectivity index (χ0v) is 24.2. The Morgan fingerprint density at radius 1 is 0.429 bits per heavy atom. The van der Waals surface area contributed by atoms with Gasteiger partial charge in [-0.25, -0.2) is 0 Å². The Hall–Kier alpha value is -4.62. The van der Waals surface area contributed by atoms with Crippen molar-refractivity contribution in [3.63, 3.8) is 0 Å². The first-order chi connectivity index (χ1) is 20.2. The van der Waals surface area contributed by atoms with Crippen LogP contribution in [0.25, 0.3) is 55.0 Å². The van der Waals surface area contributed by atoms with Crippen molar-refractivity contribution in [2.45, 2.75) is 0 Å². The lowest BCUT2D eigenvalue weighted by molar-refractivity contribution is 0.615. The fourth-order valence-corrected chi connectivity index (χ4v) is 5.97. The summed E-state index contributed by atoms with van der Waals surface area (Å²) in [6, 6.07) is 50.3. The van der Waals surface area contributed by atoms with Crippen LogP contribution in [0.3, 0.4) is 0 Å². The van der Waals surface area contributed by atoms with Crippen LogP contribution in [0.4, 0.5) is 0 Å². The summed E-state index contributed by atoms with van der Waals surface area (Å²) in [4.78, 5) is 0. The molecule has 4 nitrogen and oxygen atoms in total. The largest absolute Gasteiger partial charge is 0.450 e. The van der Waals surface area contributed by atoms with Crippen LogP contribution in [0.5, 0.6) is 0 Å². The van der Waals surface area contributed by atoms with E-state index in [2.05, 4.69) is 146 Å². The molecular weight excluding hydrogens is 583 g/mol. The van der Waals surface area contributed by atoms with Crippen molar-refractivity contribution in [1.82, 2.24) is 9.13 Å². The van der Waals surface area contributed by atoms with Gasteiger partial charge in [-0.2, -0.15) is 0 Å². The van der Waals surface area contributed by atoms with Crippen LogP contribution in [-0.2, 0) is 0 Å². The van der Waals surface area contributed by atoms with Gasteiger partial charge in [-0.05, 0) is 60.7 Å². The third kappa shape index (κ3) is 4.80. The maximum absolute atomic E-state index is 9.07. The number of hydrogen-bond acceptors (Lipinski definition) is 1. The molecule has 0 unspecified atom stereocenters. The molecule has 42 heavy (non-hydrogen) atoms. The van der Waals surface area contributed by atoms with E-state index in [4.69, 9.17) is 5.02 Å². The number of para-hydroxylation sites is 4. The van der Waals surface area contributed by atoms with Gasteiger partial charge in [0.2, 0.25) is 0 Å². The van der Waals surface area contributed by atoms with Gasteiger partial charge in [0.1, 0.15) is 0 Å². The average Bonchev–Trinajstić information content (AvgIpc) is 3.55. The molecule has 0 spiro atoms. The fourth-order valence-electron chi connectivity index (χ4n) is 5.70. The van der Waals surface area contributed by atoms with Gasteiger partial charge in [0.15, 0.2) is 0 Å². The Morgan fingerprint density at radius 3 is 1.07 bits per heavy atom. The molecule has 3 N–H and O–H groups in total. The van der Waals surface area contributed by atoms with Gasteiger partial charge in [-0.1, -0.05) is 106 Å². The molecular formula is C36H27BBrN2O2. The molecule has 6 aromatic carbocycles. The predicted octanol–water partition coefficient (Wildman–Crippen LogP) is 7.74. The van der Waals surface area contributed by atoms with Crippen molar-refractivity contribution in [3.8, 4) is 11.4 Å². The van der Waals surface area contributed by atoms with E-state index in [-0.39, 0.29) is 5.48 Å². The average molecular weight is 610 g/mol. The molecule has 0 saturated carbocycles. The van der Waals surface area contributed by atoms with Crippen LogP contribution in [0.2, 0.25) is 0 Å². The molecule has 1 radical (unpaired) electrons. The first kappa shape index (κ1) is 27.5. The molecule has 0 bridgehead atoms. The number of benzene rings is 6. The van der Waals surface area contributed by atoms with Gasteiger partial charge in [-0.15, -0.1) is 0 Å². The maximum atomic E-state index is 9.07. The molecule has 0 amide bonds. The quantitative estimate of drug-likeness (QED) is 0.205. The van der Waals surface area contributed by atoms with Crippen LogP contribution < -0.4 is 5.46 Å². The Balaban J connectivity index is 0.000000147. The monoisotopic (exact) mass is 609 g/mol. The van der Waals surface area contributed by atoms with Gasteiger partial charge in [-0.3, -0.25) is 0 Å². The highest BCUT2D eigenvalue weighted by Crippen LogP contribution is 2.33. The summed E-state index contributed by atoms with van der Waals surface area (Å²) in [6.45, 7) is 0. The molecule has 0 saturated heterocycles. The first-order valence-corrected chi connectivity index (χ1v) is 14.3. The number of aromatic nitrogens is 2. The Labute approximate surface area is 252 Å². The molecule has 8 rings (SSSR count). The second kappa shape index (κ2) is 11.7. The predicted molar refractivity (Wildman–Crippen MR) is 180 cm³/mol. The smallest absolute Gasteiger partial charge is 0.326 e. The second-order valence-corrected chi connectivity index (χ2v) is 10.9. The van der Waals surface area contributed by atoms with Crippen molar-refractivity contribution < 1.29 is 10.5 Å². The lowest BCUT2D eigenvalue weighted by Crippen LogP contribution is -2.12. The van der Waals surface area contributed by atoms with E-state index in [1.165, 1.54) is 49.3 Å². The van der Waals surface area contributed by atoms with E-state index >= 15 is 0 Å². The summed E-state index contributed by atoms with van der Waals surface area (Å²) in [7, 11) is 1.12. The van der Waals surface area contributed by atoms with E-state index in [0.29, 0.717) is 0 Å². The lowest BCUT2D eigenvalue weighted by atomic mass is 9.89. The van der Waals surface area contributed by atoms with Crippen LogP contribution in [0.1, 0.15) is 0 Å². The van der Waals surface area contributed by atoms with E-state index in [1.54, 1.807) is 0 Å². The zero-order chi connectivity index (χ0) is 27.8. The van der Waals surface area contributed by atoms with Crippen LogP contribution in [-0.4, -0.2) is 27.1 Å². The second-order valence-electron chi connectivity index (χ2n) is 9.94. The molecule has 2 aromatic heterocycles. The molecule has 0 atom stereocenters. The first-order valence-electron chi connectivity index (χ1n) is 13.5. The highest BCUT2D eigenvalue weighted by atomic mass is 79.9. The number of fused-ring (bicyclic) bond motifs is 6. The Bertz CT molecular complexity index is 2040. The highest BCUT2D eigenvalue weighted by molar-refractivity contribution is 9.10. The van der Waals surface area contributed by atoms with Crippen molar-refractivity contribution in [2.75, 3.05) is 0 Å². The molecule has 2 heterocycles. The minimum Gasteiger partial charge on any atom is -0.450 e. The van der Waals surface area contributed by atoms with Gasteiger partial charge >= 0.3 is 7.48 Å². The minimum atomic E-state index is 0. The van der Waals surface area contributed by atoms with Crippen molar-refractivity contribution >= 4 is 72.5 Å². The summed E-state index contributed by atoms with van der Waals surface area (Å²) in [5.74, 6) is 0. The SMILES string of the molecule is Brc1ccc(-n2c3ccccc3c3ccccc32)cc1.O.O[B]c1ccc(-n2c3ccccc3c3ccccc32)cc1. The number of halogens is 1. The molecule has 0 fully saturated rings. The summed E-state index contributed by atoms with van der Waals surface area (Å²) in [5, 5.41) is 14.2. The van der Waals surface area contributed by atoms with E-state index in [9.17, 15) is 0 Å². The van der Waals surface area contributed by atoms with Crippen molar-refractivity contribution in [1.29, 1.82) is 0 Å². The third-order valence-corrected chi connectivity index (χ3v) is 8.07. The molecule has 0 aliphatic carbocycles. The number of hydrogen-bond donors (Lipinski definition) is 1. The van der Waals surface area contributed by atoms with Gasteiger partial charge in [0.25, 0.3) is 0 Å². The molecule has 8 aromatic rings. The van der Waals surface area contributed by atoms with Crippen molar-refractivity contribution in [2.24, 2.45) is 0 Å². The van der Waals surface area contributed by atoms with Gasteiger partial charge in [0, 0.05) is 37.4 Å². The van der Waals surface area contributed by atoms with E-state index in [1.807, 2.05) is 24.3 Å². The Morgan fingerprint density at radius 2 is 0.738 bits per heavy atom.